The van der Waals surface area contributed by atoms with Crippen molar-refractivity contribution in [2.24, 2.45) is 5.41 Å². The molecule has 5 rings (SSSR count). The zero-order valence-corrected chi connectivity index (χ0v) is 23.7. The summed E-state index contributed by atoms with van der Waals surface area (Å²) in [5.41, 5.74) is 4.02. The fraction of sp³-hybridized carbons (Fsp3) is 0.321. The molecular formula is C28H28BrN3O4S. The summed E-state index contributed by atoms with van der Waals surface area (Å²) in [6.07, 6.45) is 1.12. The Balaban J connectivity index is 1.61. The predicted octanol–water partition coefficient (Wildman–Crippen LogP) is 6.32. The highest BCUT2D eigenvalue weighted by molar-refractivity contribution is 9.10. The van der Waals surface area contributed by atoms with Crippen LogP contribution in [0.25, 0.3) is 10.2 Å². The normalized spacial score (nSPS) is 19.0. The summed E-state index contributed by atoms with van der Waals surface area (Å²) in [5.74, 6) is 0.314. The van der Waals surface area contributed by atoms with Crippen LogP contribution in [0, 0.1) is 5.41 Å². The lowest BCUT2D eigenvalue weighted by Gasteiger charge is -2.39. The van der Waals surface area contributed by atoms with E-state index in [9.17, 15) is 9.59 Å². The molecule has 37 heavy (non-hydrogen) atoms. The van der Waals surface area contributed by atoms with E-state index in [0.717, 1.165) is 25.9 Å². The molecule has 7 nitrogen and oxygen atoms in total. The number of hydrogen-bond acceptors (Lipinski definition) is 7. The van der Waals surface area contributed by atoms with Crippen LogP contribution in [-0.4, -0.2) is 30.9 Å². The zero-order valence-electron chi connectivity index (χ0n) is 21.3. The number of benzene rings is 2. The number of ether oxygens (including phenoxy) is 2. The number of carbonyl (C=O) groups is 2. The van der Waals surface area contributed by atoms with E-state index in [-0.39, 0.29) is 17.1 Å². The number of dihydropyridines is 1. The largest absolute Gasteiger partial charge is 0.497 e. The first-order valence-electron chi connectivity index (χ1n) is 11.9. The van der Waals surface area contributed by atoms with Gasteiger partial charge in [0.25, 0.3) is 5.91 Å². The number of Topliss-reactive ketones (excluding diaryl/α,β-unsaturated/α-hetero) is 1. The Bertz CT molecular complexity index is 1500. The Morgan fingerprint density at radius 3 is 2.68 bits per heavy atom. The van der Waals surface area contributed by atoms with Crippen molar-refractivity contribution in [2.75, 3.05) is 19.5 Å². The summed E-state index contributed by atoms with van der Waals surface area (Å²) in [5, 5.41) is 6.89. The maximum Gasteiger partial charge on any atom is 0.256 e. The molecule has 1 aliphatic carbocycles. The molecule has 0 spiro atoms. The quantitative estimate of drug-likeness (QED) is 0.366. The van der Waals surface area contributed by atoms with Gasteiger partial charge in [-0.2, -0.15) is 0 Å². The van der Waals surface area contributed by atoms with Crippen LogP contribution < -0.4 is 20.1 Å². The fourth-order valence-electron chi connectivity index (χ4n) is 5.22. The van der Waals surface area contributed by atoms with Gasteiger partial charge in [0.2, 0.25) is 0 Å². The minimum Gasteiger partial charge on any atom is -0.497 e. The molecule has 0 saturated heterocycles. The van der Waals surface area contributed by atoms with Crippen LogP contribution in [-0.2, 0) is 9.59 Å². The summed E-state index contributed by atoms with van der Waals surface area (Å²) in [6.45, 7) is 6.06. The maximum absolute atomic E-state index is 13.9. The van der Waals surface area contributed by atoms with Gasteiger partial charge < -0.3 is 14.8 Å². The van der Waals surface area contributed by atoms with Gasteiger partial charge in [-0.1, -0.05) is 47.2 Å². The van der Waals surface area contributed by atoms with Gasteiger partial charge >= 0.3 is 0 Å². The van der Waals surface area contributed by atoms with Crippen molar-refractivity contribution in [1.82, 2.24) is 10.3 Å². The summed E-state index contributed by atoms with van der Waals surface area (Å²) in [6, 6.07) is 11.3. The highest BCUT2D eigenvalue weighted by atomic mass is 79.9. The molecule has 1 amide bonds. The number of allylic oxidation sites excluding steroid dienone is 3. The number of thiazole rings is 1. The Hall–Kier alpha value is -3.17. The van der Waals surface area contributed by atoms with E-state index < -0.39 is 5.92 Å². The van der Waals surface area contributed by atoms with Crippen molar-refractivity contribution in [3.63, 3.8) is 0 Å². The van der Waals surface area contributed by atoms with E-state index in [4.69, 9.17) is 9.47 Å². The van der Waals surface area contributed by atoms with Gasteiger partial charge in [-0.05, 0) is 43.0 Å². The molecule has 0 bridgehead atoms. The summed E-state index contributed by atoms with van der Waals surface area (Å²) < 4.78 is 13.0. The number of anilines is 1. The summed E-state index contributed by atoms with van der Waals surface area (Å²) in [7, 11) is 3.17. The van der Waals surface area contributed by atoms with Crippen LogP contribution in [0.15, 0.2) is 63.4 Å². The number of rotatable bonds is 5. The number of ketones is 1. The minimum absolute atomic E-state index is 0.0317. The lowest BCUT2D eigenvalue weighted by Crippen LogP contribution is -2.39. The SMILES string of the molecule is COc1ccc([C@H]2C(C(=O)Nc3nc4ccc(Br)cc4s3)=C(C)NC3=C2C(=O)CC(C)(C)C3)c(OC)c1. The number of carbonyl (C=O) groups excluding carboxylic acids is 2. The van der Waals surface area contributed by atoms with Crippen molar-refractivity contribution < 1.29 is 19.1 Å². The second-order valence-corrected chi connectivity index (χ2v) is 12.1. The number of fused-ring (bicyclic) bond motifs is 1. The summed E-state index contributed by atoms with van der Waals surface area (Å²) in [4.78, 5) is 32.1. The van der Waals surface area contributed by atoms with Gasteiger partial charge in [-0.25, -0.2) is 4.98 Å². The monoisotopic (exact) mass is 581 g/mol. The maximum atomic E-state index is 13.9. The van der Waals surface area contributed by atoms with E-state index >= 15 is 0 Å². The number of amides is 1. The second kappa shape index (κ2) is 9.61. The van der Waals surface area contributed by atoms with E-state index in [1.165, 1.54) is 11.3 Å². The van der Waals surface area contributed by atoms with Crippen LogP contribution in [0.1, 0.15) is 45.1 Å². The number of aromatic nitrogens is 1. The molecule has 2 heterocycles. The molecule has 192 valence electrons. The first-order chi connectivity index (χ1) is 17.6. The standard InChI is InChI=1S/C28H28BrN3O4S/c1-14-23(26(34)32-27-31-18-9-6-15(29)10-22(18)37-27)24(17-8-7-16(35-4)11-21(17)36-5)25-19(30-14)12-28(2,3)13-20(25)33/h6-11,24,30H,12-13H2,1-5H3,(H,31,32,34)/t24-/m0/s1. The van der Waals surface area contributed by atoms with Crippen molar-refractivity contribution in [1.29, 1.82) is 0 Å². The third-order valence-electron chi connectivity index (χ3n) is 6.81. The molecule has 1 aromatic heterocycles. The zero-order chi connectivity index (χ0) is 26.5. The Morgan fingerprint density at radius 1 is 1.16 bits per heavy atom. The van der Waals surface area contributed by atoms with Gasteiger partial charge in [0, 0.05) is 45.1 Å². The molecule has 3 aromatic rings. The summed E-state index contributed by atoms with van der Waals surface area (Å²) >= 11 is 4.89. The average molecular weight is 583 g/mol. The number of methoxy groups -OCH3 is 2. The Kier molecular flexibility index (Phi) is 6.62. The molecule has 0 fully saturated rings. The van der Waals surface area contributed by atoms with E-state index in [2.05, 4.69) is 45.4 Å². The molecule has 0 unspecified atom stereocenters. The van der Waals surface area contributed by atoms with Gasteiger partial charge in [-0.3, -0.25) is 14.9 Å². The number of halogens is 1. The highest BCUT2D eigenvalue weighted by Crippen LogP contribution is 2.49. The average Bonchev–Trinajstić information content (AvgIpc) is 3.22. The molecule has 2 aliphatic rings. The van der Waals surface area contributed by atoms with Crippen molar-refractivity contribution in [2.45, 2.75) is 39.5 Å². The number of hydrogen-bond donors (Lipinski definition) is 2. The molecule has 1 aliphatic heterocycles. The number of nitrogens with zero attached hydrogens (tertiary/aromatic N) is 1. The third-order valence-corrected chi connectivity index (χ3v) is 8.23. The van der Waals surface area contributed by atoms with Crippen molar-refractivity contribution >= 4 is 54.3 Å². The van der Waals surface area contributed by atoms with Gasteiger partial charge in [-0.15, -0.1) is 0 Å². The molecule has 2 N–H and O–H groups in total. The smallest absolute Gasteiger partial charge is 0.256 e. The molecule has 0 radical (unpaired) electrons. The van der Waals surface area contributed by atoms with E-state index in [1.807, 2.05) is 37.3 Å². The molecular weight excluding hydrogens is 554 g/mol. The van der Waals surface area contributed by atoms with E-state index in [1.54, 1.807) is 20.3 Å². The topological polar surface area (TPSA) is 89.5 Å². The van der Waals surface area contributed by atoms with Crippen LogP contribution in [0.3, 0.4) is 0 Å². The van der Waals surface area contributed by atoms with Crippen LogP contribution >= 0.6 is 27.3 Å². The molecule has 9 heteroatoms. The first kappa shape index (κ1) is 25.5. The molecule has 1 atom stereocenters. The minimum atomic E-state index is -0.593. The first-order valence-corrected chi connectivity index (χ1v) is 13.5. The second-order valence-electron chi connectivity index (χ2n) is 10.1. The Morgan fingerprint density at radius 2 is 1.95 bits per heavy atom. The molecule has 0 saturated carbocycles. The molecule has 2 aromatic carbocycles. The number of nitrogens with one attached hydrogen (secondary N) is 2. The van der Waals surface area contributed by atoms with Gasteiger partial charge in [0.05, 0.1) is 30.4 Å². The van der Waals surface area contributed by atoms with Crippen molar-refractivity contribution in [3.05, 3.63) is 69.0 Å². The van der Waals surface area contributed by atoms with E-state index in [0.29, 0.717) is 46.3 Å². The van der Waals surface area contributed by atoms with Gasteiger partial charge in [0.15, 0.2) is 10.9 Å². The van der Waals surface area contributed by atoms with Crippen molar-refractivity contribution in [3.8, 4) is 11.5 Å². The third kappa shape index (κ3) is 4.78. The lowest BCUT2D eigenvalue weighted by molar-refractivity contribution is -0.118. The van der Waals surface area contributed by atoms with Crippen LogP contribution in [0.2, 0.25) is 0 Å². The Labute approximate surface area is 228 Å². The van der Waals surface area contributed by atoms with Gasteiger partial charge in [0.1, 0.15) is 11.5 Å². The fourth-order valence-corrected chi connectivity index (χ4v) is 6.63. The highest BCUT2D eigenvalue weighted by Gasteiger charge is 2.43. The lowest BCUT2D eigenvalue weighted by atomic mass is 9.68. The van der Waals surface area contributed by atoms with Crippen LogP contribution in [0.5, 0.6) is 11.5 Å². The van der Waals surface area contributed by atoms with Crippen LogP contribution in [0.4, 0.5) is 5.13 Å². The predicted molar refractivity (Wildman–Crippen MR) is 149 cm³/mol.